The Kier molecular flexibility index (Phi) is 4.36. The van der Waals surface area contributed by atoms with E-state index in [-0.39, 0.29) is 5.43 Å². The Labute approximate surface area is 124 Å². The van der Waals surface area contributed by atoms with E-state index in [2.05, 4.69) is 16.8 Å². The zero-order chi connectivity index (χ0) is 14.7. The van der Waals surface area contributed by atoms with Gasteiger partial charge in [-0.05, 0) is 31.9 Å². The van der Waals surface area contributed by atoms with Crippen molar-refractivity contribution in [3.8, 4) is 0 Å². The topological polar surface area (TPSA) is 43.3 Å². The maximum Gasteiger partial charge on any atom is 0.189 e. The molecule has 2 atom stereocenters. The Morgan fingerprint density at radius 2 is 2.24 bits per heavy atom. The van der Waals surface area contributed by atoms with Crippen LogP contribution >= 0.6 is 0 Å². The Bertz CT molecular complexity index is 659. The summed E-state index contributed by atoms with van der Waals surface area (Å²) in [5.41, 5.74) is 1.08. The lowest BCUT2D eigenvalue weighted by atomic mass is 10.1. The quantitative estimate of drug-likeness (QED) is 0.916. The molecule has 0 bridgehead atoms. The fourth-order valence-electron chi connectivity index (χ4n) is 3.00. The minimum atomic E-state index is 0.0857. The lowest BCUT2D eigenvalue weighted by molar-refractivity contribution is 0.0835. The molecular weight excluding hydrogens is 264 g/mol. The van der Waals surface area contributed by atoms with E-state index in [0.717, 1.165) is 37.0 Å². The van der Waals surface area contributed by atoms with Gasteiger partial charge in [0.25, 0.3) is 0 Å². The number of rotatable bonds is 5. The van der Waals surface area contributed by atoms with E-state index < -0.39 is 0 Å². The summed E-state index contributed by atoms with van der Waals surface area (Å²) >= 11 is 0. The lowest BCUT2D eigenvalue weighted by Crippen LogP contribution is -2.38. The Balaban J connectivity index is 1.65. The van der Waals surface area contributed by atoms with E-state index in [1.54, 1.807) is 6.07 Å². The van der Waals surface area contributed by atoms with Gasteiger partial charge < -0.3 is 14.6 Å². The van der Waals surface area contributed by atoms with Crippen LogP contribution in [0.15, 0.2) is 41.3 Å². The number of para-hydroxylation sites is 1. The minimum absolute atomic E-state index is 0.0857. The zero-order valence-corrected chi connectivity index (χ0v) is 12.4. The van der Waals surface area contributed by atoms with Gasteiger partial charge >= 0.3 is 0 Å². The molecule has 112 valence electrons. The van der Waals surface area contributed by atoms with Crippen molar-refractivity contribution in [3.63, 3.8) is 0 Å². The maximum atomic E-state index is 11.8. The van der Waals surface area contributed by atoms with E-state index >= 15 is 0 Å². The molecule has 1 saturated heterocycles. The first kappa shape index (κ1) is 14.3. The standard InChI is InChI=1S/C17H22N2O2/c1-13(17-7-4-12-21-17)18-9-11-19-10-8-16(20)14-5-2-3-6-15(14)19/h2-3,5-6,8,10,13,17-18H,4,7,9,11-12H2,1H3. The number of hydrogen-bond donors (Lipinski definition) is 1. The van der Waals surface area contributed by atoms with Crippen LogP contribution in [-0.4, -0.2) is 29.9 Å². The van der Waals surface area contributed by atoms with E-state index in [1.807, 2.05) is 30.5 Å². The molecule has 21 heavy (non-hydrogen) atoms. The van der Waals surface area contributed by atoms with Gasteiger partial charge in [0.1, 0.15) is 0 Å². The average Bonchev–Trinajstić information content (AvgIpc) is 3.04. The fraction of sp³-hybridized carbons (Fsp3) is 0.471. The number of aromatic nitrogens is 1. The summed E-state index contributed by atoms with van der Waals surface area (Å²) in [6, 6.07) is 9.79. The number of nitrogens with zero attached hydrogens (tertiary/aromatic N) is 1. The van der Waals surface area contributed by atoms with Gasteiger partial charge in [0.15, 0.2) is 5.43 Å². The van der Waals surface area contributed by atoms with Crippen molar-refractivity contribution in [1.82, 2.24) is 9.88 Å². The summed E-state index contributed by atoms with van der Waals surface area (Å²) in [5.74, 6) is 0. The third-order valence-corrected chi connectivity index (χ3v) is 4.23. The molecule has 0 spiro atoms. The average molecular weight is 286 g/mol. The summed E-state index contributed by atoms with van der Waals surface area (Å²) in [5, 5.41) is 4.31. The molecule has 4 nitrogen and oxygen atoms in total. The molecular formula is C17H22N2O2. The summed E-state index contributed by atoms with van der Waals surface area (Å²) < 4.78 is 7.82. The molecule has 0 saturated carbocycles. The first-order valence-electron chi connectivity index (χ1n) is 7.69. The zero-order valence-electron chi connectivity index (χ0n) is 12.4. The molecule has 0 aliphatic carbocycles. The SMILES string of the molecule is CC(NCCn1ccc(=O)c2ccccc21)C1CCCO1. The van der Waals surface area contributed by atoms with Crippen molar-refractivity contribution in [2.75, 3.05) is 13.2 Å². The van der Waals surface area contributed by atoms with Gasteiger partial charge in [0.2, 0.25) is 0 Å². The van der Waals surface area contributed by atoms with Gasteiger partial charge in [0, 0.05) is 43.4 Å². The summed E-state index contributed by atoms with van der Waals surface area (Å²) in [7, 11) is 0. The van der Waals surface area contributed by atoms with Crippen LogP contribution in [0, 0.1) is 0 Å². The largest absolute Gasteiger partial charge is 0.377 e. The Morgan fingerprint density at radius 1 is 1.38 bits per heavy atom. The third-order valence-electron chi connectivity index (χ3n) is 4.23. The van der Waals surface area contributed by atoms with Crippen molar-refractivity contribution < 1.29 is 4.74 Å². The Hall–Kier alpha value is -1.65. The molecule has 1 fully saturated rings. The van der Waals surface area contributed by atoms with Crippen LogP contribution in [0.4, 0.5) is 0 Å². The Morgan fingerprint density at radius 3 is 3.05 bits per heavy atom. The van der Waals surface area contributed by atoms with Crippen molar-refractivity contribution in [2.24, 2.45) is 0 Å². The van der Waals surface area contributed by atoms with Crippen LogP contribution in [0.3, 0.4) is 0 Å². The smallest absolute Gasteiger partial charge is 0.189 e. The van der Waals surface area contributed by atoms with Gasteiger partial charge in [0.05, 0.1) is 11.6 Å². The summed E-state index contributed by atoms with van der Waals surface area (Å²) in [6.45, 7) is 4.78. The first-order chi connectivity index (χ1) is 10.3. The number of nitrogens with one attached hydrogen (secondary N) is 1. The van der Waals surface area contributed by atoms with E-state index in [9.17, 15) is 4.79 Å². The molecule has 2 aromatic rings. The van der Waals surface area contributed by atoms with Crippen LogP contribution in [0.1, 0.15) is 19.8 Å². The molecule has 4 heteroatoms. The van der Waals surface area contributed by atoms with Gasteiger partial charge in [-0.3, -0.25) is 4.79 Å². The third kappa shape index (κ3) is 3.17. The molecule has 2 heterocycles. The van der Waals surface area contributed by atoms with E-state index in [1.165, 1.54) is 6.42 Å². The molecule has 1 aliphatic rings. The first-order valence-corrected chi connectivity index (χ1v) is 7.69. The number of hydrogen-bond acceptors (Lipinski definition) is 3. The molecule has 3 rings (SSSR count). The lowest BCUT2D eigenvalue weighted by Gasteiger charge is -2.20. The van der Waals surface area contributed by atoms with Crippen molar-refractivity contribution in [3.05, 3.63) is 46.8 Å². The fourth-order valence-corrected chi connectivity index (χ4v) is 3.00. The molecule has 1 aromatic carbocycles. The van der Waals surface area contributed by atoms with Gasteiger partial charge in [-0.1, -0.05) is 12.1 Å². The maximum absolute atomic E-state index is 11.8. The molecule has 1 aliphatic heterocycles. The van der Waals surface area contributed by atoms with Gasteiger partial charge in [-0.2, -0.15) is 0 Å². The van der Waals surface area contributed by atoms with Crippen LogP contribution < -0.4 is 10.7 Å². The van der Waals surface area contributed by atoms with Crippen LogP contribution in [0.5, 0.6) is 0 Å². The molecule has 2 unspecified atom stereocenters. The second-order valence-corrected chi connectivity index (χ2v) is 5.68. The van der Waals surface area contributed by atoms with Crippen molar-refractivity contribution >= 4 is 10.9 Å². The molecule has 1 aromatic heterocycles. The van der Waals surface area contributed by atoms with E-state index in [4.69, 9.17) is 4.74 Å². The number of pyridine rings is 1. The monoisotopic (exact) mass is 286 g/mol. The van der Waals surface area contributed by atoms with Crippen LogP contribution in [0.25, 0.3) is 10.9 Å². The predicted molar refractivity (Wildman–Crippen MR) is 84.6 cm³/mol. The van der Waals surface area contributed by atoms with Crippen LogP contribution in [0.2, 0.25) is 0 Å². The highest BCUT2D eigenvalue weighted by molar-refractivity contribution is 5.78. The van der Waals surface area contributed by atoms with Crippen molar-refractivity contribution in [2.45, 2.75) is 38.5 Å². The second-order valence-electron chi connectivity index (χ2n) is 5.68. The van der Waals surface area contributed by atoms with E-state index in [0.29, 0.717) is 12.1 Å². The van der Waals surface area contributed by atoms with Gasteiger partial charge in [-0.25, -0.2) is 0 Å². The second kappa shape index (κ2) is 6.41. The highest BCUT2D eigenvalue weighted by atomic mass is 16.5. The molecule has 0 radical (unpaired) electrons. The van der Waals surface area contributed by atoms with Crippen LogP contribution in [-0.2, 0) is 11.3 Å². The highest BCUT2D eigenvalue weighted by Gasteiger charge is 2.21. The number of fused-ring (bicyclic) bond motifs is 1. The summed E-state index contributed by atoms with van der Waals surface area (Å²) in [6.07, 6.45) is 4.54. The highest BCUT2D eigenvalue weighted by Crippen LogP contribution is 2.15. The number of benzene rings is 1. The predicted octanol–water partition coefficient (Wildman–Crippen LogP) is 2.16. The minimum Gasteiger partial charge on any atom is -0.377 e. The van der Waals surface area contributed by atoms with Crippen molar-refractivity contribution in [1.29, 1.82) is 0 Å². The normalized spacial score (nSPS) is 20.0. The summed E-state index contributed by atoms with van der Waals surface area (Å²) in [4.78, 5) is 11.8. The number of ether oxygens (including phenoxy) is 1. The van der Waals surface area contributed by atoms with Gasteiger partial charge in [-0.15, -0.1) is 0 Å². The molecule has 1 N–H and O–H groups in total. The molecule has 0 amide bonds.